The zero-order valence-electron chi connectivity index (χ0n) is 13.9. The Bertz CT molecular complexity index is 756. The molecule has 0 saturated carbocycles. The SMILES string of the molecule is CC(C)(C)C(c1ccc(Cl)cc1)(c1ccc(Cl)cc1)n1cncn1. The molecular weight excluding hydrogens is 341 g/mol. The first-order valence-corrected chi connectivity index (χ1v) is 8.48. The quantitative estimate of drug-likeness (QED) is 0.624. The normalized spacial score (nSPS) is 12.4. The number of benzene rings is 2. The van der Waals surface area contributed by atoms with Crippen LogP contribution in [-0.4, -0.2) is 14.8 Å². The van der Waals surface area contributed by atoms with Crippen molar-refractivity contribution in [2.45, 2.75) is 26.3 Å². The zero-order valence-corrected chi connectivity index (χ0v) is 15.4. The van der Waals surface area contributed by atoms with Crippen molar-refractivity contribution in [1.82, 2.24) is 14.8 Å². The van der Waals surface area contributed by atoms with Crippen LogP contribution in [0, 0.1) is 5.41 Å². The van der Waals surface area contributed by atoms with Gasteiger partial charge in [0.25, 0.3) is 0 Å². The third-order valence-electron chi connectivity index (χ3n) is 4.37. The predicted octanol–water partition coefficient (Wildman–Crippen LogP) is 5.42. The Morgan fingerprint density at radius 2 is 1.25 bits per heavy atom. The Labute approximate surface area is 152 Å². The lowest BCUT2D eigenvalue weighted by Crippen LogP contribution is -2.48. The highest BCUT2D eigenvalue weighted by Gasteiger charge is 2.47. The van der Waals surface area contributed by atoms with Gasteiger partial charge in [-0.05, 0) is 40.8 Å². The summed E-state index contributed by atoms with van der Waals surface area (Å²) >= 11 is 12.2. The lowest BCUT2D eigenvalue weighted by Gasteiger charge is -2.45. The maximum Gasteiger partial charge on any atom is 0.137 e. The fourth-order valence-corrected chi connectivity index (χ4v) is 3.66. The lowest BCUT2D eigenvalue weighted by molar-refractivity contribution is 0.171. The Balaban J connectivity index is 2.37. The standard InChI is InChI=1S/C19H19Cl2N3/c1-18(2,3)19(24-13-22-12-23-24,14-4-8-16(20)9-5-14)15-6-10-17(21)11-7-15/h4-13H,1-3H3. The van der Waals surface area contributed by atoms with Crippen LogP contribution in [0.2, 0.25) is 10.0 Å². The average molecular weight is 360 g/mol. The van der Waals surface area contributed by atoms with Crippen LogP contribution in [0.3, 0.4) is 0 Å². The van der Waals surface area contributed by atoms with Crippen molar-refractivity contribution in [2.24, 2.45) is 5.41 Å². The minimum atomic E-state index is -0.543. The van der Waals surface area contributed by atoms with Gasteiger partial charge in [-0.2, -0.15) is 5.10 Å². The molecule has 3 aromatic rings. The van der Waals surface area contributed by atoms with E-state index in [-0.39, 0.29) is 5.41 Å². The topological polar surface area (TPSA) is 30.7 Å². The van der Waals surface area contributed by atoms with Crippen LogP contribution in [0.25, 0.3) is 0 Å². The van der Waals surface area contributed by atoms with Crippen LogP contribution in [0.1, 0.15) is 31.9 Å². The van der Waals surface area contributed by atoms with Gasteiger partial charge in [-0.3, -0.25) is 0 Å². The highest BCUT2D eigenvalue weighted by molar-refractivity contribution is 6.30. The van der Waals surface area contributed by atoms with E-state index in [4.69, 9.17) is 23.2 Å². The first kappa shape index (κ1) is 17.0. The summed E-state index contributed by atoms with van der Waals surface area (Å²) in [5.74, 6) is 0. The molecule has 1 aromatic heterocycles. The molecule has 0 fully saturated rings. The first-order chi connectivity index (χ1) is 11.4. The van der Waals surface area contributed by atoms with Gasteiger partial charge in [0.15, 0.2) is 0 Å². The van der Waals surface area contributed by atoms with E-state index in [1.165, 1.54) is 0 Å². The number of halogens is 2. The molecule has 0 aliphatic rings. The minimum Gasteiger partial charge on any atom is -0.237 e. The van der Waals surface area contributed by atoms with Gasteiger partial charge in [0.05, 0.1) is 0 Å². The van der Waals surface area contributed by atoms with Gasteiger partial charge in [0.1, 0.15) is 18.2 Å². The van der Waals surface area contributed by atoms with Crippen molar-refractivity contribution in [3.8, 4) is 0 Å². The molecule has 3 rings (SSSR count). The van der Waals surface area contributed by atoms with E-state index in [1.54, 1.807) is 12.7 Å². The van der Waals surface area contributed by atoms with Crippen LogP contribution >= 0.6 is 23.2 Å². The molecule has 0 amide bonds. The second kappa shape index (κ2) is 6.23. The summed E-state index contributed by atoms with van der Waals surface area (Å²) < 4.78 is 1.92. The second-order valence-electron chi connectivity index (χ2n) is 6.81. The zero-order chi connectivity index (χ0) is 17.4. The molecule has 0 unspecified atom stereocenters. The molecule has 0 aliphatic heterocycles. The van der Waals surface area contributed by atoms with Crippen LogP contribution in [-0.2, 0) is 5.54 Å². The maximum absolute atomic E-state index is 6.12. The summed E-state index contributed by atoms with van der Waals surface area (Å²) in [6, 6.07) is 15.8. The first-order valence-electron chi connectivity index (χ1n) is 7.73. The number of aromatic nitrogens is 3. The highest BCUT2D eigenvalue weighted by Crippen LogP contribution is 2.47. The van der Waals surface area contributed by atoms with Crippen molar-refractivity contribution in [2.75, 3.05) is 0 Å². The monoisotopic (exact) mass is 359 g/mol. The lowest BCUT2D eigenvalue weighted by atomic mass is 9.65. The van der Waals surface area contributed by atoms with Gasteiger partial charge in [-0.25, -0.2) is 9.67 Å². The molecule has 0 atom stereocenters. The van der Waals surface area contributed by atoms with Crippen LogP contribution < -0.4 is 0 Å². The summed E-state index contributed by atoms with van der Waals surface area (Å²) in [7, 11) is 0. The molecule has 0 spiro atoms. The van der Waals surface area contributed by atoms with Crippen molar-refractivity contribution in [3.63, 3.8) is 0 Å². The summed E-state index contributed by atoms with van der Waals surface area (Å²) in [5.41, 5.74) is 1.44. The maximum atomic E-state index is 6.12. The predicted molar refractivity (Wildman–Crippen MR) is 98.6 cm³/mol. The van der Waals surface area contributed by atoms with Gasteiger partial charge in [-0.1, -0.05) is 68.2 Å². The molecule has 3 nitrogen and oxygen atoms in total. The van der Waals surface area contributed by atoms with E-state index >= 15 is 0 Å². The fourth-order valence-electron chi connectivity index (χ4n) is 3.40. The van der Waals surface area contributed by atoms with Crippen molar-refractivity contribution in [3.05, 3.63) is 82.4 Å². The van der Waals surface area contributed by atoms with Gasteiger partial charge in [0, 0.05) is 10.0 Å². The smallest absolute Gasteiger partial charge is 0.137 e. The molecule has 24 heavy (non-hydrogen) atoms. The molecule has 0 N–H and O–H groups in total. The second-order valence-corrected chi connectivity index (χ2v) is 7.69. The van der Waals surface area contributed by atoms with Gasteiger partial charge >= 0.3 is 0 Å². The Kier molecular flexibility index (Phi) is 4.41. The summed E-state index contributed by atoms with van der Waals surface area (Å²) in [6.07, 6.45) is 3.32. The van der Waals surface area contributed by atoms with Crippen LogP contribution in [0.4, 0.5) is 0 Å². The van der Waals surface area contributed by atoms with E-state index in [0.717, 1.165) is 11.1 Å². The van der Waals surface area contributed by atoms with Crippen LogP contribution in [0.15, 0.2) is 61.2 Å². The number of nitrogens with zero attached hydrogens (tertiary/aromatic N) is 3. The molecule has 0 aliphatic carbocycles. The van der Waals surface area contributed by atoms with Gasteiger partial charge in [0.2, 0.25) is 0 Å². The fraction of sp³-hybridized carbons (Fsp3) is 0.263. The molecule has 2 aromatic carbocycles. The van der Waals surface area contributed by atoms with E-state index in [0.29, 0.717) is 10.0 Å². The van der Waals surface area contributed by atoms with Crippen LogP contribution in [0.5, 0.6) is 0 Å². The van der Waals surface area contributed by atoms with Crippen molar-refractivity contribution < 1.29 is 0 Å². The van der Waals surface area contributed by atoms with Gasteiger partial charge in [-0.15, -0.1) is 0 Å². The van der Waals surface area contributed by atoms with Gasteiger partial charge < -0.3 is 0 Å². The molecule has 0 bridgehead atoms. The molecule has 0 saturated heterocycles. The van der Waals surface area contributed by atoms with E-state index in [9.17, 15) is 0 Å². The highest BCUT2D eigenvalue weighted by atomic mass is 35.5. The van der Waals surface area contributed by atoms with Crippen molar-refractivity contribution >= 4 is 23.2 Å². The molecular formula is C19H19Cl2N3. The van der Waals surface area contributed by atoms with E-state index < -0.39 is 5.54 Å². The Morgan fingerprint density at radius 3 is 1.58 bits per heavy atom. The average Bonchev–Trinajstić information content (AvgIpc) is 3.05. The number of hydrogen-bond donors (Lipinski definition) is 0. The van der Waals surface area contributed by atoms with E-state index in [2.05, 4.69) is 30.9 Å². The Morgan fingerprint density at radius 1 is 0.792 bits per heavy atom. The molecule has 1 heterocycles. The molecule has 5 heteroatoms. The van der Waals surface area contributed by atoms with E-state index in [1.807, 2.05) is 53.2 Å². The number of rotatable bonds is 3. The Hall–Kier alpha value is -1.84. The minimum absolute atomic E-state index is 0.192. The number of hydrogen-bond acceptors (Lipinski definition) is 2. The third-order valence-corrected chi connectivity index (χ3v) is 4.88. The summed E-state index contributed by atoms with van der Waals surface area (Å²) in [6.45, 7) is 6.58. The summed E-state index contributed by atoms with van der Waals surface area (Å²) in [4.78, 5) is 4.19. The third kappa shape index (κ3) is 2.72. The summed E-state index contributed by atoms with van der Waals surface area (Å²) in [5, 5.41) is 5.90. The largest absolute Gasteiger partial charge is 0.237 e. The molecule has 0 radical (unpaired) electrons. The molecule has 124 valence electrons. The van der Waals surface area contributed by atoms with Crippen molar-refractivity contribution in [1.29, 1.82) is 0 Å².